The SMILES string of the molecule is CCc1c([O-])c2c(c(CC)c1CC)-c1ccccc1C2.[Na+]. The Bertz CT molecular complexity index is 674. The minimum absolute atomic E-state index is 0. The quantitative estimate of drug-likeness (QED) is 0.660. The third kappa shape index (κ3) is 2.46. The van der Waals surface area contributed by atoms with Crippen LogP contribution in [-0.2, 0) is 25.7 Å². The maximum atomic E-state index is 12.8. The summed E-state index contributed by atoms with van der Waals surface area (Å²) in [6.07, 6.45) is 3.62. The Morgan fingerprint density at radius 2 is 1.52 bits per heavy atom. The molecule has 1 nitrogen and oxygen atoms in total. The molecule has 3 rings (SSSR count). The molecule has 0 heterocycles. The van der Waals surface area contributed by atoms with Crippen molar-refractivity contribution < 1.29 is 34.7 Å². The Morgan fingerprint density at radius 1 is 0.905 bits per heavy atom. The first-order valence-electron chi connectivity index (χ1n) is 7.67. The van der Waals surface area contributed by atoms with E-state index >= 15 is 0 Å². The summed E-state index contributed by atoms with van der Waals surface area (Å²) in [4.78, 5) is 0. The maximum Gasteiger partial charge on any atom is 1.00 e. The fraction of sp³-hybridized carbons (Fsp3) is 0.368. The monoisotopic (exact) mass is 288 g/mol. The fourth-order valence-corrected chi connectivity index (χ4v) is 3.74. The summed E-state index contributed by atoms with van der Waals surface area (Å²) in [5.74, 6) is 0.299. The molecule has 2 aromatic rings. The average molecular weight is 288 g/mol. The summed E-state index contributed by atoms with van der Waals surface area (Å²) in [6.45, 7) is 6.48. The van der Waals surface area contributed by atoms with Crippen LogP contribution in [0.4, 0.5) is 0 Å². The first-order valence-corrected chi connectivity index (χ1v) is 7.67. The van der Waals surface area contributed by atoms with Crippen LogP contribution in [0.15, 0.2) is 24.3 Å². The summed E-state index contributed by atoms with van der Waals surface area (Å²) < 4.78 is 0. The summed E-state index contributed by atoms with van der Waals surface area (Å²) in [7, 11) is 0. The van der Waals surface area contributed by atoms with Crippen LogP contribution in [0, 0.1) is 0 Å². The zero-order valence-electron chi connectivity index (χ0n) is 13.5. The Kier molecular flexibility index (Phi) is 5.19. The second kappa shape index (κ2) is 6.56. The van der Waals surface area contributed by atoms with E-state index in [1.807, 2.05) is 0 Å². The fourth-order valence-electron chi connectivity index (χ4n) is 3.74. The molecular formula is C19H21NaO. The molecule has 0 saturated carbocycles. The molecule has 2 aromatic carbocycles. The van der Waals surface area contributed by atoms with Crippen LogP contribution in [0.1, 0.15) is 48.6 Å². The van der Waals surface area contributed by atoms with Gasteiger partial charge in [-0.25, -0.2) is 0 Å². The van der Waals surface area contributed by atoms with Crippen LogP contribution in [0.3, 0.4) is 0 Å². The molecule has 2 heteroatoms. The van der Waals surface area contributed by atoms with E-state index in [4.69, 9.17) is 0 Å². The van der Waals surface area contributed by atoms with Crippen LogP contribution < -0.4 is 34.7 Å². The van der Waals surface area contributed by atoms with Gasteiger partial charge in [0.2, 0.25) is 0 Å². The Morgan fingerprint density at radius 3 is 2.14 bits per heavy atom. The van der Waals surface area contributed by atoms with Gasteiger partial charge in [-0.2, -0.15) is 0 Å². The molecule has 0 amide bonds. The number of rotatable bonds is 3. The molecule has 0 aromatic heterocycles. The van der Waals surface area contributed by atoms with Gasteiger partial charge >= 0.3 is 29.6 Å². The van der Waals surface area contributed by atoms with Gasteiger partial charge in [0, 0.05) is 0 Å². The van der Waals surface area contributed by atoms with Crippen molar-refractivity contribution in [2.75, 3.05) is 0 Å². The minimum Gasteiger partial charge on any atom is -0.872 e. The van der Waals surface area contributed by atoms with E-state index in [1.165, 1.54) is 27.8 Å². The standard InChI is InChI=1S/C19H22O.Na/c1-4-13-14(5-2)18-16-10-8-7-9-12(16)11-17(18)19(20)15(13)6-3;/h7-10,20H,4-6,11H2,1-3H3;/q;+1/p-1. The smallest absolute Gasteiger partial charge is 0.872 e. The first-order chi connectivity index (χ1) is 9.72. The summed E-state index contributed by atoms with van der Waals surface area (Å²) in [6, 6.07) is 8.48. The van der Waals surface area contributed by atoms with E-state index in [-0.39, 0.29) is 29.6 Å². The number of benzene rings is 2. The van der Waals surface area contributed by atoms with Gasteiger partial charge in [0.05, 0.1) is 0 Å². The summed E-state index contributed by atoms with van der Waals surface area (Å²) >= 11 is 0. The van der Waals surface area contributed by atoms with Crippen molar-refractivity contribution in [2.45, 2.75) is 46.5 Å². The topological polar surface area (TPSA) is 23.1 Å². The second-order valence-electron chi connectivity index (χ2n) is 5.51. The molecule has 21 heavy (non-hydrogen) atoms. The third-order valence-electron chi connectivity index (χ3n) is 4.59. The largest absolute Gasteiger partial charge is 1.00 e. The number of hydrogen-bond acceptors (Lipinski definition) is 1. The van der Waals surface area contributed by atoms with E-state index in [0.717, 1.165) is 36.8 Å². The van der Waals surface area contributed by atoms with Crippen LogP contribution >= 0.6 is 0 Å². The molecule has 0 bridgehead atoms. The van der Waals surface area contributed by atoms with Gasteiger partial charge in [-0.3, -0.25) is 0 Å². The van der Waals surface area contributed by atoms with E-state index in [2.05, 4.69) is 45.0 Å². The van der Waals surface area contributed by atoms with Crippen molar-refractivity contribution in [1.82, 2.24) is 0 Å². The first kappa shape index (κ1) is 16.6. The maximum absolute atomic E-state index is 12.8. The zero-order valence-corrected chi connectivity index (χ0v) is 15.5. The van der Waals surface area contributed by atoms with E-state index in [9.17, 15) is 5.11 Å². The van der Waals surface area contributed by atoms with Crippen molar-refractivity contribution >= 4 is 0 Å². The normalized spacial score (nSPS) is 11.8. The minimum atomic E-state index is 0. The van der Waals surface area contributed by atoms with Crippen molar-refractivity contribution in [3.05, 3.63) is 52.1 Å². The van der Waals surface area contributed by atoms with Crippen LogP contribution in [-0.4, -0.2) is 0 Å². The van der Waals surface area contributed by atoms with Crippen molar-refractivity contribution in [3.63, 3.8) is 0 Å². The molecule has 0 fully saturated rings. The van der Waals surface area contributed by atoms with Crippen molar-refractivity contribution in [2.24, 2.45) is 0 Å². The molecule has 0 unspecified atom stereocenters. The van der Waals surface area contributed by atoms with Crippen LogP contribution in [0.25, 0.3) is 11.1 Å². The van der Waals surface area contributed by atoms with Crippen LogP contribution in [0.5, 0.6) is 5.75 Å². The molecule has 0 N–H and O–H groups in total. The zero-order chi connectivity index (χ0) is 14.3. The Balaban J connectivity index is 0.00000161. The van der Waals surface area contributed by atoms with Crippen molar-refractivity contribution in [3.8, 4) is 16.9 Å². The summed E-state index contributed by atoms with van der Waals surface area (Å²) in [5, 5.41) is 12.8. The molecule has 1 aliphatic carbocycles. The third-order valence-corrected chi connectivity index (χ3v) is 4.59. The predicted octanol–water partition coefficient (Wildman–Crippen LogP) is 1.02. The molecule has 1 aliphatic rings. The van der Waals surface area contributed by atoms with Crippen molar-refractivity contribution in [1.29, 1.82) is 0 Å². The van der Waals surface area contributed by atoms with Gasteiger partial charge in [-0.1, -0.05) is 50.6 Å². The van der Waals surface area contributed by atoms with E-state index < -0.39 is 0 Å². The molecule has 0 aliphatic heterocycles. The van der Waals surface area contributed by atoms with E-state index in [1.54, 1.807) is 0 Å². The van der Waals surface area contributed by atoms with Gasteiger partial charge in [-0.05, 0) is 59.1 Å². The van der Waals surface area contributed by atoms with E-state index in [0.29, 0.717) is 5.75 Å². The molecular weight excluding hydrogens is 267 g/mol. The predicted molar refractivity (Wildman–Crippen MR) is 82.3 cm³/mol. The van der Waals surface area contributed by atoms with Gasteiger partial charge in [0.15, 0.2) is 0 Å². The second-order valence-corrected chi connectivity index (χ2v) is 5.51. The molecule has 0 saturated heterocycles. The van der Waals surface area contributed by atoms with Crippen LogP contribution in [0.2, 0.25) is 0 Å². The summed E-state index contributed by atoms with van der Waals surface area (Å²) in [5.41, 5.74) is 8.65. The number of hydrogen-bond donors (Lipinski definition) is 0. The van der Waals surface area contributed by atoms with Gasteiger partial charge in [0.25, 0.3) is 0 Å². The van der Waals surface area contributed by atoms with Gasteiger partial charge in [0.1, 0.15) is 0 Å². The van der Waals surface area contributed by atoms with Gasteiger partial charge < -0.3 is 5.11 Å². The number of fused-ring (bicyclic) bond motifs is 3. The molecule has 0 radical (unpaired) electrons. The Labute approximate surface area is 149 Å². The van der Waals surface area contributed by atoms with Gasteiger partial charge in [-0.15, -0.1) is 5.75 Å². The molecule has 104 valence electrons. The molecule has 0 atom stereocenters. The molecule has 0 spiro atoms. The Hall–Kier alpha value is -0.760. The average Bonchev–Trinajstić information content (AvgIpc) is 2.87.